The van der Waals surface area contributed by atoms with E-state index in [0.29, 0.717) is 17.4 Å². The summed E-state index contributed by atoms with van der Waals surface area (Å²) in [6.45, 7) is 3.97. The molecule has 1 fully saturated rings. The first kappa shape index (κ1) is 23.3. The summed E-state index contributed by atoms with van der Waals surface area (Å²) >= 11 is 0. The molecule has 0 saturated carbocycles. The molecule has 2 atom stereocenters. The number of likely N-dealkylation sites (tertiary alicyclic amines) is 1. The van der Waals surface area contributed by atoms with Crippen LogP contribution in [-0.4, -0.2) is 46.9 Å². The van der Waals surface area contributed by atoms with Gasteiger partial charge >= 0.3 is 6.36 Å². The molecule has 2 unspecified atom stereocenters. The Balaban J connectivity index is 0.00000300. The monoisotopic (exact) mass is 523 g/mol. The first-order valence-electron chi connectivity index (χ1n) is 9.14. The van der Waals surface area contributed by atoms with Crippen molar-refractivity contribution in [3.05, 3.63) is 48.5 Å². The van der Waals surface area contributed by atoms with Gasteiger partial charge in [0.25, 0.3) is 0 Å². The second-order valence-electron chi connectivity index (χ2n) is 6.85. The standard InChI is InChI=1S/C19H24F3N5O.HI/c1-14-7-9-26(12-16(14)27-10-8-24-13-27)18(23-2)25-11-15-5-3-4-6-17(15)28-19(20,21)22;/h3-6,8,10,13-14,16H,7,9,11-12H2,1-2H3,(H,23,25);1H. The molecule has 160 valence electrons. The van der Waals surface area contributed by atoms with Gasteiger partial charge in [0.1, 0.15) is 5.75 Å². The van der Waals surface area contributed by atoms with Gasteiger partial charge < -0.3 is 19.5 Å². The van der Waals surface area contributed by atoms with Crippen molar-refractivity contribution in [2.75, 3.05) is 20.1 Å². The van der Waals surface area contributed by atoms with E-state index >= 15 is 0 Å². The third kappa shape index (κ3) is 6.25. The van der Waals surface area contributed by atoms with Crippen molar-refractivity contribution in [2.45, 2.75) is 32.3 Å². The van der Waals surface area contributed by atoms with Crippen molar-refractivity contribution in [3.63, 3.8) is 0 Å². The number of aromatic nitrogens is 2. The van der Waals surface area contributed by atoms with E-state index in [1.807, 2.05) is 12.5 Å². The summed E-state index contributed by atoms with van der Waals surface area (Å²) in [5.41, 5.74) is 0.414. The summed E-state index contributed by atoms with van der Waals surface area (Å²) in [5.74, 6) is 0.935. The van der Waals surface area contributed by atoms with Crippen LogP contribution in [-0.2, 0) is 6.54 Å². The third-order valence-electron chi connectivity index (χ3n) is 4.97. The molecule has 1 saturated heterocycles. The van der Waals surface area contributed by atoms with Crippen LogP contribution in [0.1, 0.15) is 24.9 Å². The summed E-state index contributed by atoms with van der Waals surface area (Å²) in [5, 5.41) is 3.17. The largest absolute Gasteiger partial charge is 0.573 e. The number of para-hydroxylation sites is 1. The average Bonchev–Trinajstić information content (AvgIpc) is 3.18. The molecule has 10 heteroatoms. The molecule has 6 nitrogen and oxygen atoms in total. The highest BCUT2D eigenvalue weighted by molar-refractivity contribution is 14.0. The van der Waals surface area contributed by atoms with E-state index in [4.69, 9.17) is 0 Å². The van der Waals surface area contributed by atoms with E-state index in [1.54, 1.807) is 25.4 Å². The summed E-state index contributed by atoms with van der Waals surface area (Å²) < 4.78 is 44.0. The predicted molar refractivity (Wildman–Crippen MR) is 115 cm³/mol. The van der Waals surface area contributed by atoms with E-state index in [0.717, 1.165) is 19.5 Å². The van der Waals surface area contributed by atoms with Gasteiger partial charge in [-0.1, -0.05) is 25.1 Å². The Bertz CT molecular complexity index is 797. The molecular weight excluding hydrogens is 498 g/mol. The number of ether oxygens (including phenoxy) is 1. The number of nitrogens with zero attached hydrogens (tertiary/aromatic N) is 4. The number of piperidine rings is 1. The first-order chi connectivity index (χ1) is 13.4. The number of imidazole rings is 1. The van der Waals surface area contributed by atoms with Crippen LogP contribution >= 0.6 is 24.0 Å². The Morgan fingerprint density at radius 2 is 2.10 bits per heavy atom. The number of nitrogens with one attached hydrogen (secondary N) is 1. The number of aliphatic imine (C=N–C) groups is 1. The van der Waals surface area contributed by atoms with Gasteiger partial charge in [-0.05, 0) is 18.4 Å². The van der Waals surface area contributed by atoms with E-state index in [-0.39, 0.29) is 42.3 Å². The molecule has 1 aromatic heterocycles. The molecule has 2 aromatic rings. The molecule has 0 amide bonds. The fraction of sp³-hybridized carbons (Fsp3) is 0.474. The summed E-state index contributed by atoms with van der Waals surface area (Å²) in [4.78, 5) is 10.6. The quantitative estimate of drug-likeness (QED) is 0.373. The van der Waals surface area contributed by atoms with E-state index in [1.165, 1.54) is 12.1 Å². The number of hydrogen-bond donors (Lipinski definition) is 1. The zero-order valence-corrected chi connectivity index (χ0v) is 18.6. The van der Waals surface area contributed by atoms with Crippen LogP contribution in [0.15, 0.2) is 48.0 Å². The molecule has 3 rings (SSSR count). The smallest absolute Gasteiger partial charge is 0.405 e. The number of benzene rings is 1. The molecule has 1 aliphatic heterocycles. The van der Waals surface area contributed by atoms with Crippen molar-refractivity contribution in [1.29, 1.82) is 0 Å². The van der Waals surface area contributed by atoms with Gasteiger partial charge in [0.2, 0.25) is 0 Å². The maximum absolute atomic E-state index is 12.6. The van der Waals surface area contributed by atoms with Crippen LogP contribution in [0.3, 0.4) is 0 Å². The van der Waals surface area contributed by atoms with E-state index in [2.05, 4.69) is 36.4 Å². The van der Waals surface area contributed by atoms with Crippen LogP contribution in [0.5, 0.6) is 5.75 Å². The van der Waals surface area contributed by atoms with Crippen molar-refractivity contribution >= 4 is 29.9 Å². The van der Waals surface area contributed by atoms with E-state index < -0.39 is 6.36 Å². The van der Waals surface area contributed by atoms with Crippen molar-refractivity contribution in [3.8, 4) is 5.75 Å². The van der Waals surface area contributed by atoms with Gasteiger partial charge in [-0.25, -0.2) is 4.98 Å². The molecule has 0 bridgehead atoms. The maximum atomic E-state index is 12.6. The normalized spacial score (nSPS) is 20.2. The number of halogens is 4. The molecular formula is C19H25F3IN5O. The zero-order valence-electron chi connectivity index (χ0n) is 16.3. The first-order valence-corrected chi connectivity index (χ1v) is 9.14. The molecule has 0 radical (unpaired) electrons. The van der Waals surface area contributed by atoms with Crippen LogP contribution < -0.4 is 10.1 Å². The van der Waals surface area contributed by atoms with Crippen molar-refractivity contribution in [1.82, 2.24) is 19.8 Å². The number of hydrogen-bond acceptors (Lipinski definition) is 3. The Morgan fingerprint density at radius 1 is 1.34 bits per heavy atom. The number of guanidine groups is 1. The zero-order chi connectivity index (χ0) is 20.1. The Kier molecular flexibility index (Phi) is 8.17. The lowest BCUT2D eigenvalue weighted by molar-refractivity contribution is -0.274. The SMILES string of the molecule is CN=C(NCc1ccccc1OC(F)(F)F)N1CCC(C)C(n2ccnc2)C1.I. The molecule has 0 aliphatic carbocycles. The lowest BCUT2D eigenvalue weighted by Crippen LogP contribution is -2.48. The molecule has 1 aliphatic rings. The second kappa shape index (κ2) is 10.2. The summed E-state index contributed by atoms with van der Waals surface area (Å²) in [7, 11) is 1.67. The van der Waals surface area contributed by atoms with Crippen molar-refractivity contribution < 1.29 is 17.9 Å². The lowest BCUT2D eigenvalue weighted by Gasteiger charge is -2.39. The van der Waals surface area contributed by atoms with Gasteiger partial charge in [-0.3, -0.25) is 4.99 Å². The fourth-order valence-corrected chi connectivity index (χ4v) is 3.48. The minimum Gasteiger partial charge on any atom is -0.405 e. The second-order valence-corrected chi connectivity index (χ2v) is 6.85. The molecule has 0 spiro atoms. The summed E-state index contributed by atoms with van der Waals surface area (Å²) in [6.07, 6.45) is 1.78. The molecule has 29 heavy (non-hydrogen) atoms. The topological polar surface area (TPSA) is 54.7 Å². The lowest BCUT2D eigenvalue weighted by atomic mass is 9.93. The van der Waals surface area contributed by atoms with Crippen LogP contribution in [0.2, 0.25) is 0 Å². The highest BCUT2D eigenvalue weighted by atomic mass is 127. The van der Waals surface area contributed by atoms with Crippen LogP contribution in [0, 0.1) is 5.92 Å². The highest BCUT2D eigenvalue weighted by Crippen LogP contribution is 2.28. The van der Waals surface area contributed by atoms with Gasteiger partial charge in [0.05, 0.1) is 12.4 Å². The fourth-order valence-electron chi connectivity index (χ4n) is 3.48. The maximum Gasteiger partial charge on any atom is 0.573 e. The number of alkyl halides is 3. The van der Waals surface area contributed by atoms with Crippen LogP contribution in [0.25, 0.3) is 0 Å². The van der Waals surface area contributed by atoms with Gasteiger partial charge in [0, 0.05) is 44.6 Å². The van der Waals surface area contributed by atoms with Gasteiger partial charge in [0.15, 0.2) is 5.96 Å². The Morgan fingerprint density at radius 3 is 2.76 bits per heavy atom. The molecule has 1 aromatic carbocycles. The van der Waals surface area contributed by atoms with Gasteiger partial charge in [-0.15, -0.1) is 37.1 Å². The Labute approximate surface area is 185 Å². The van der Waals surface area contributed by atoms with Gasteiger partial charge in [-0.2, -0.15) is 0 Å². The number of rotatable bonds is 4. The average molecular weight is 523 g/mol. The van der Waals surface area contributed by atoms with E-state index in [9.17, 15) is 13.2 Å². The third-order valence-corrected chi connectivity index (χ3v) is 4.97. The van der Waals surface area contributed by atoms with Crippen LogP contribution in [0.4, 0.5) is 13.2 Å². The Hall–Kier alpha value is -1.98. The predicted octanol–water partition coefficient (Wildman–Crippen LogP) is 4.06. The minimum absolute atomic E-state index is 0. The summed E-state index contributed by atoms with van der Waals surface area (Å²) in [6, 6.07) is 6.37. The minimum atomic E-state index is -4.72. The van der Waals surface area contributed by atoms with Crippen molar-refractivity contribution in [2.24, 2.45) is 10.9 Å². The molecule has 2 heterocycles. The molecule has 1 N–H and O–H groups in total. The highest BCUT2D eigenvalue weighted by Gasteiger charge is 2.32.